The minimum absolute atomic E-state index is 0.665. The summed E-state index contributed by atoms with van der Waals surface area (Å²) in [4.78, 5) is 0. The van der Waals surface area contributed by atoms with Gasteiger partial charge in [-0.15, -0.1) is 0 Å². The smallest absolute Gasteiger partial charge is 0.102 e. The summed E-state index contributed by atoms with van der Waals surface area (Å²) in [5, 5.41) is 8.80. The molecule has 2 nitrogen and oxygen atoms in total. The molecule has 0 aromatic heterocycles. The lowest BCUT2D eigenvalue weighted by molar-refractivity contribution is 0.169. The Balaban J connectivity index is 2.25. The van der Waals surface area contributed by atoms with Crippen molar-refractivity contribution in [1.29, 1.82) is 0 Å². The van der Waals surface area contributed by atoms with Crippen LogP contribution in [0.5, 0.6) is 0 Å². The fraction of sp³-hybridized carbons (Fsp3) is 0.400. The molecule has 3 N–H and O–H groups in total. The van der Waals surface area contributed by atoms with Crippen molar-refractivity contribution < 1.29 is 5.11 Å². The maximum Gasteiger partial charge on any atom is 0.102 e. The molecule has 1 unspecified atom stereocenters. The molecular formula is C10H14NO. The van der Waals surface area contributed by atoms with E-state index in [1.54, 1.807) is 0 Å². The molecule has 2 heteroatoms. The van der Waals surface area contributed by atoms with Gasteiger partial charge in [-0.2, -0.15) is 0 Å². The molecular weight excluding hydrogens is 150 g/mol. The second kappa shape index (κ2) is 4.91. The average Bonchev–Trinajstić information content (AvgIpc) is 2.05. The van der Waals surface area contributed by atoms with E-state index < -0.39 is 6.23 Å². The molecule has 1 rings (SSSR count). The quantitative estimate of drug-likeness (QED) is 0.654. The Morgan fingerprint density at radius 3 is 2.67 bits per heavy atom. The normalized spacial score (nSPS) is 12.8. The topological polar surface area (TPSA) is 46.2 Å². The van der Waals surface area contributed by atoms with Crippen LogP contribution in [0.2, 0.25) is 0 Å². The maximum absolute atomic E-state index is 8.80. The molecule has 1 radical (unpaired) electrons. The highest BCUT2D eigenvalue weighted by molar-refractivity contribution is 5.13. The van der Waals surface area contributed by atoms with Gasteiger partial charge in [-0.1, -0.05) is 24.3 Å². The van der Waals surface area contributed by atoms with Crippen LogP contribution in [-0.4, -0.2) is 11.3 Å². The Hall–Kier alpha value is -0.860. The molecule has 0 bridgehead atoms. The van der Waals surface area contributed by atoms with Crippen molar-refractivity contribution in [2.24, 2.45) is 5.73 Å². The van der Waals surface area contributed by atoms with Crippen LogP contribution in [0.25, 0.3) is 0 Å². The Bertz CT molecular complexity index is 208. The van der Waals surface area contributed by atoms with Crippen LogP contribution in [0.4, 0.5) is 0 Å². The molecule has 0 aliphatic rings. The minimum Gasteiger partial charge on any atom is -0.379 e. The van der Waals surface area contributed by atoms with Crippen molar-refractivity contribution in [2.45, 2.75) is 25.5 Å². The zero-order valence-corrected chi connectivity index (χ0v) is 7.03. The predicted molar refractivity (Wildman–Crippen MR) is 48.4 cm³/mol. The second-order valence-electron chi connectivity index (χ2n) is 2.87. The largest absolute Gasteiger partial charge is 0.379 e. The highest BCUT2D eigenvalue weighted by atomic mass is 16.3. The Labute approximate surface area is 73.0 Å². The third kappa shape index (κ3) is 3.51. The van der Waals surface area contributed by atoms with Crippen molar-refractivity contribution in [3.05, 3.63) is 35.9 Å². The first-order valence-electron chi connectivity index (χ1n) is 4.17. The van der Waals surface area contributed by atoms with Gasteiger partial charge in [0.05, 0.1) is 0 Å². The molecule has 1 aromatic rings. The lowest BCUT2D eigenvalue weighted by Crippen LogP contribution is -2.18. The van der Waals surface area contributed by atoms with Crippen molar-refractivity contribution >= 4 is 0 Å². The zero-order valence-electron chi connectivity index (χ0n) is 7.03. The number of hydrogen-bond acceptors (Lipinski definition) is 2. The van der Waals surface area contributed by atoms with Crippen LogP contribution >= 0.6 is 0 Å². The SMILES string of the molecule is NC(O)CCCc1cc[c]cc1. The fourth-order valence-electron chi connectivity index (χ4n) is 1.10. The van der Waals surface area contributed by atoms with Crippen molar-refractivity contribution in [1.82, 2.24) is 0 Å². The van der Waals surface area contributed by atoms with E-state index >= 15 is 0 Å². The van der Waals surface area contributed by atoms with Gasteiger partial charge in [-0.25, -0.2) is 0 Å². The summed E-state index contributed by atoms with van der Waals surface area (Å²) in [5.74, 6) is 0. The standard InChI is InChI=1S/C10H14NO/c11-10(12)8-4-7-9-5-2-1-3-6-9/h2-3,5-6,10,12H,4,7-8,11H2. The predicted octanol–water partition coefficient (Wildman–Crippen LogP) is 1.09. The Morgan fingerprint density at radius 1 is 1.42 bits per heavy atom. The van der Waals surface area contributed by atoms with Gasteiger partial charge in [0.15, 0.2) is 0 Å². The molecule has 0 heterocycles. The number of nitrogens with two attached hydrogens (primary N) is 1. The number of hydrogen-bond donors (Lipinski definition) is 2. The summed E-state index contributed by atoms with van der Waals surface area (Å²) in [6.45, 7) is 0. The molecule has 65 valence electrons. The number of rotatable bonds is 4. The van der Waals surface area contributed by atoms with Gasteiger partial charge in [-0.3, -0.25) is 0 Å². The fourth-order valence-corrected chi connectivity index (χ4v) is 1.10. The van der Waals surface area contributed by atoms with E-state index in [2.05, 4.69) is 6.07 Å². The summed E-state index contributed by atoms with van der Waals surface area (Å²) in [6.07, 6.45) is 1.91. The average molecular weight is 164 g/mol. The molecule has 0 fully saturated rings. The number of aryl methyl sites for hydroxylation is 1. The van der Waals surface area contributed by atoms with Crippen molar-refractivity contribution in [3.63, 3.8) is 0 Å². The van der Waals surface area contributed by atoms with Crippen LogP contribution < -0.4 is 5.73 Å². The summed E-state index contributed by atoms with van der Waals surface area (Å²) in [5.41, 5.74) is 6.48. The molecule has 0 saturated carbocycles. The third-order valence-electron chi connectivity index (χ3n) is 1.75. The van der Waals surface area contributed by atoms with E-state index in [9.17, 15) is 0 Å². The maximum atomic E-state index is 8.80. The first kappa shape index (κ1) is 9.23. The zero-order chi connectivity index (χ0) is 8.81. The second-order valence-corrected chi connectivity index (χ2v) is 2.87. The van der Waals surface area contributed by atoms with E-state index in [0.29, 0.717) is 6.42 Å². The molecule has 1 aromatic carbocycles. The van der Waals surface area contributed by atoms with Gasteiger partial charge in [0.2, 0.25) is 0 Å². The first-order chi connectivity index (χ1) is 5.79. The third-order valence-corrected chi connectivity index (χ3v) is 1.75. The van der Waals surface area contributed by atoms with E-state index in [1.165, 1.54) is 5.56 Å². The summed E-state index contributed by atoms with van der Waals surface area (Å²) in [6, 6.07) is 10.8. The van der Waals surface area contributed by atoms with Crippen molar-refractivity contribution in [2.75, 3.05) is 0 Å². The Morgan fingerprint density at radius 2 is 2.08 bits per heavy atom. The number of aliphatic hydroxyl groups is 1. The van der Waals surface area contributed by atoms with Gasteiger partial charge in [0.1, 0.15) is 6.23 Å². The van der Waals surface area contributed by atoms with E-state index in [4.69, 9.17) is 10.8 Å². The van der Waals surface area contributed by atoms with Crippen LogP contribution in [0.1, 0.15) is 18.4 Å². The van der Waals surface area contributed by atoms with Gasteiger partial charge >= 0.3 is 0 Å². The molecule has 0 saturated heterocycles. The lowest BCUT2D eigenvalue weighted by Gasteiger charge is -2.03. The van der Waals surface area contributed by atoms with E-state index in [0.717, 1.165) is 12.8 Å². The van der Waals surface area contributed by atoms with Crippen LogP contribution in [-0.2, 0) is 6.42 Å². The highest BCUT2D eigenvalue weighted by Gasteiger charge is 1.96. The molecule has 0 aliphatic carbocycles. The van der Waals surface area contributed by atoms with Gasteiger partial charge in [0, 0.05) is 0 Å². The molecule has 12 heavy (non-hydrogen) atoms. The summed E-state index contributed by atoms with van der Waals surface area (Å²) < 4.78 is 0. The summed E-state index contributed by atoms with van der Waals surface area (Å²) in [7, 11) is 0. The molecule has 1 atom stereocenters. The van der Waals surface area contributed by atoms with Crippen molar-refractivity contribution in [3.8, 4) is 0 Å². The van der Waals surface area contributed by atoms with E-state index in [1.807, 2.05) is 24.3 Å². The minimum atomic E-state index is -0.666. The first-order valence-corrected chi connectivity index (χ1v) is 4.17. The highest BCUT2D eigenvalue weighted by Crippen LogP contribution is 2.04. The van der Waals surface area contributed by atoms with Crippen LogP contribution in [0, 0.1) is 6.07 Å². The van der Waals surface area contributed by atoms with Gasteiger partial charge in [0.25, 0.3) is 0 Å². The molecule has 0 aliphatic heterocycles. The monoisotopic (exact) mass is 164 g/mol. The van der Waals surface area contributed by atoms with E-state index in [-0.39, 0.29) is 0 Å². The number of benzene rings is 1. The summed E-state index contributed by atoms with van der Waals surface area (Å²) >= 11 is 0. The molecule has 0 amide bonds. The Kier molecular flexibility index (Phi) is 3.77. The lowest BCUT2D eigenvalue weighted by atomic mass is 10.1. The molecule has 0 spiro atoms. The van der Waals surface area contributed by atoms with Gasteiger partial charge in [-0.05, 0) is 30.9 Å². The number of aliphatic hydroxyl groups excluding tert-OH is 1. The van der Waals surface area contributed by atoms with Crippen LogP contribution in [0.15, 0.2) is 24.3 Å². The van der Waals surface area contributed by atoms with Gasteiger partial charge < -0.3 is 10.8 Å². The van der Waals surface area contributed by atoms with Crippen LogP contribution in [0.3, 0.4) is 0 Å².